The van der Waals surface area contributed by atoms with Gasteiger partial charge in [-0.05, 0) is 52.6 Å². The van der Waals surface area contributed by atoms with E-state index in [2.05, 4.69) is 54.7 Å². The summed E-state index contributed by atoms with van der Waals surface area (Å²) in [6.45, 7) is 7.68. The molecule has 0 saturated heterocycles. The van der Waals surface area contributed by atoms with E-state index in [1.54, 1.807) is 0 Å². The molecule has 1 N–H and O–H groups in total. The van der Waals surface area contributed by atoms with Crippen LogP contribution in [0.2, 0.25) is 5.02 Å². The predicted molar refractivity (Wildman–Crippen MR) is 76.7 cm³/mol. The van der Waals surface area contributed by atoms with E-state index in [9.17, 15) is 0 Å². The van der Waals surface area contributed by atoms with Gasteiger partial charge in [-0.25, -0.2) is 0 Å². The third-order valence-corrected chi connectivity index (χ3v) is 3.11. The van der Waals surface area contributed by atoms with E-state index in [-0.39, 0.29) is 0 Å². The van der Waals surface area contributed by atoms with Gasteiger partial charge in [0.1, 0.15) is 0 Å². The smallest absolute Gasteiger partial charge is 0.0648 e. The van der Waals surface area contributed by atoms with Crippen LogP contribution in [0.5, 0.6) is 0 Å². The Bertz CT molecular complexity index is 331. The van der Waals surface area contributed by atoms with E-state index >= 15 is 0 Å². The summed E-state index contributed by atoms with van der Waals surface area (Å²) < 4.78 is 1.17. The largest absolute Gasteiger partial charge is 0.384 e. The van der Waals surface area contributed by atoms with Crippen LogP contribution in [0.3, 0.4) is 0 Å². The number of hydrogen-bond acceptors (Lipinski definition) is 1. The quantitative estimate of drug-likeness (QED) is 0.782. The van der Waals surface area contributed by atoms with E-state index < -0.39 is 0 Å². The lowest BCUT2D eigenvalue weighted by molar-refractivity contribution is 0.390. The van der Waals surface area contributed by atoms with Crippen LogP contribution in [0, 0.1) is 8.99 Å². The normalized spacial score (nSPS) is 11.5. The van der Waals surface area contributed by atoms with E-state index in [1.807, 2.05) is 12.1 Å². The summed E-state index contributed by atoms with van der Waals surface area (Å²) in [6.07, 6.45) is 1.13. The molecule has 0 bridgehead atoms. The molecule has 0 heterocycles. The molecule has 1 nitrogen and oxygen atoms in total. The van der Waals surface area contributed by atoms with Crippen molar-refractivity contribution in [2.45, 2.75) is 27.2 Å². The summed E-state index contributed by atoms with van der Waals surface area (Å²) >= 11 is 8.37. The maximum atomic E-state index is 6.11. The fourth-order valence-electron chi connectivity index (χ4n) is 1.21. The Morgan fingerprint density at radius 1 is 1.33 bits per heavy atom. The van der Waals surface area contributed by atoms with Gasteiger partial charge in [-0.3, -0.25) is 0 Å². The van der Waals surface area contributed by atoms with Crippen LogP contribution in [0.25, 0.3) is 0 Å². The van der Waals surface area contributed by atoms with Crippen molar-refractivity contribution in [1.29, 1.82) is 0 Å². The summed E-state index contributed by atoms with van der Waals surface area (Å²) in [7, 11) is 0. The Morgan fingerprint density at radius 3 is 2.53 bits per heavy atom. The first-order valence-electron chi connectivity index (χ1n) is 5.07. The van der Waals surface area contributed by atoms with E-state index in [0.717, 1.165) is 23.7 Å². The van der Waals surface area contributed by atoms with Gasteiger partial charge in [-0.15, -0.1) is 0 Å². The highest BCUT2D eigenvalue weighted by molar-refractivity contribution is 14.1. The minimum absolute atomic E-state index is 0.364. The highest BCUT2D eigenvalue weighted by Gasteiger charge is 2.09. The molecular formula is C12H17ClIN. The van der Waals surface area contributed by atoms with Gasteiger partial charge in [0.15, 0.2) is 0 Å². The second-order valence-corrected chi connectivity index (χ2v) is 6.51. The van der Waals surface area contributed by atoms with Gasteiger partial charge in [-0.2, -0.15) is 0 Å². The maximum Gasteiger partial charge on any atom is 0.0648 e. The lowest BCUT2D eigenvalue weighted by Crippen LogP contribution is -2.12. The van der Waals surface area contributed by atoms with Crippen LogP contribution in [-0.2, 0) is 0 Å². The average Bonchev–Trinajstić information content (AvgIpc) is 2.07. The number of benzene rings is 1. The molecule has 0 aliphatic carbocycles. The van der Waals surface area contributed by atoms with Crippen LogP contribution in [0.1, 0.15) is 27.2 Å². The molecular weight excluding hydrogens is 320 g/mol. The molecule has 1 aromatic carbocycles. The van der Waals surface area contributed by atoms with Gasteiger partial charge in [0.2, 0.25) is 0 Å². The topological polar surface area (TPSA) is 12.0 Å². The summed E-state index contributed by atoms with van der Waals surface area (Å²) in [4.78, 5) is 0. The lowest BCUT2D eigenvalue weighted by atomic mass is 9.92. The van der Waals surface area contributed by atoms with Crippen LogP contribution in [-0.4, -0.2) is 6.54 Å². The molecule has 0 aliphatic rings. The number of rotatable bonds is 3. The SMILES string of the molecule is CC(C)(C)CCNc1ccc(I)cc1Cl. The Kier molecular flexibility index (Phi) is 4.71. The van der Waals surface area contributed by atoms with Gasteiger partial charge in [0, 0.05) is 10.1 Å². The van der Waals surface area contributed by atoms with Gasteiger partial charge >= 0.3 is 0 Å². The van der Waals surface area contributed by atoms with Crippen molar-refractivity contribution < 1.29 is 0 Å². The zero-order valence-electron chi connectivity index (χ0n) is 9.40. The van der Waals surface area contributed by atoms with Crippen molar-refractivity contribution in [2.24, 2.45) is 5.41 Å². The van der Waals surface area contributed by atoms with Crippen molar-refractivity contribution in [1.82, 2.24) is 0 Å². The molecule has 3 heteroatoms. The van der Waals surface area contributed by atoms with Crippen molar-refractivity contribution in [3.63, 3.8) is 0 Å². The van der Waals surface area contributed by atoms with Crippen LogP contribution < -0.4 is 5.32 Å². The van der Waals surface area contributed by atoms with Gasteiger partial charge in [0.25, 0.3) is 0 Å². The second kappa shape index (κ2) is 5.39. The van der Waals surface area contributed by atoms with Crippen molar-refractivity contribution in [2.75, 3.05) is 11.9 Å². The summed E-state index contributed by atoms with van der Waals surface area (Å²) in [5.74, 6) is 0. The Labute approximate surface area is 111 Å². The van der Waals surface area contributed by atoms with Crippen LogP contribution >= 0.6 is 34.2 Å². The van der Waals surface area contributed by atoms with Gasteiger partial charge in [0.05, 0.1) is 10.7 Å². The first-order valence-corrected chi connectivity index (χ1v) is 6.53. The highest BCUT2D eigenvalue weighted by atomic mass is 127. The standard InChI is InChI=1S/C12H17ClIN/c1-12(2,3)6-7-15-11-5-4-9(14)8-10(11)13/h4-5,8,15H,6-7H2,1-3H3. The minimum Gasteiger partial charge on any atom is -0.384 e. The number of nitrogens with one attached hydrogen (secondary N) is 1. The maximum absolute atomic E-state index is 6.11. The predicted octanol–water partition coefficient (Wildman–Crippen LogP) is 4.79. The molecule has 1 aromatic rings. The highest BCUT2D eigenvalue weighted by Crippen LogP contribution is 2.25. The Balaban J connectivity index is 2.51. The molecule has 0 atom stereocenters. The third kappa shape index (κ3) is 5.07. The van der Waals surface area contributed by atoms with Crippen molar-refractivity contribution in [3.05, 3.63) is 26.8 Å². The summed E-state index contributed by atoms with van der Waals surface area (Å²) in [6, 6.07) is 6.07. The van der Waals surface area contributed by atoms with Crippen molar-refractivity contribution >= 4 is 39.9 Å². The van der Waals surface area contributed by atoms with Crippen LogP contribution in [0.4, 0.5) is 5.69 Å². The van der Waals surface area contributed by atoms with Crippen molar-refractivity contribution in [3.8, 4) is 0 Å². The minimum atomic E-state index is 0.364. The van der Waals surface area contributed by atoms with Gasteiger partial charge in [-0.1, -0.05) is 32.4 Å². The molecule has 0 amide bonds. The zero-order valence-corrected chi connectivity index (χ0v) is 12.3. The molecule has 0 radical (unpaired) electrons. The second-order valence-electron chi connectivity index (χ2n) is 4.86. The van der Waals surface area contributed by atoms with Gasteiger partial charge < -0.3 is 5.32 Å². The van der Waals surface area contributed by atoms with E-state index in [0.29, 0.717) is 5.41 Å². The summed E-state index contributed by atoms with van der Waals surface area (Å²) in [5, 5.41) is 4.16. The molecule has 84 valence electrons. The number of anilines is 1. The molecule has 0 spiro atoms. The molecule has 0 saturated carbocycles. The first kappa shape index (κ1) is 13.1. The first-order chi connectivity index (χ1) is 6.88. The van der Waals surface area contributed by atoms with E-state index in [1.165, 1.54) is 3.57 Å². The average molecular weight is 338 g/mol. The molecule has 1 rings (SSSR count). The molecule has 0 aromatic heterocycles. The van der Waals surface area contributed by atoms with E-state index in [4.69, 9.17) is 11.6 Å². The number of hydrogen-bond donors (Lipinski definition) is 1. The lowest BCUT2D eigenvalue weighted by Gasteiger charge is -2.18. The summed E-state index contributed by atoms with van der Waals surface area (Å²) in [5.41, 5.74) is 1.39. The molecule has 0 unspecified atom stereocenters. The Hall–Kier alpha value is 0.0400. The Morgan fingerprint density at radius 2 is 2.00 bits per heavy atom. The fourth-order valence-corrected chi connectivity index (χ4v) is 2.13. The molecule has 15 heavy (non-hydrogen) atoms. The zero-order chi connectivity index (χ0) is 11.5. The van der Waals surface area contributed by atoms with Crippen LogP contribution in [0.15, 0.2) is 18.2 Å². The number of halogens is 2. The fraction of sp³-hybridized carbons (Fsp3) is 0.500. The molecule has 0 fully saturated rings. The monoisotopic (exact) mass is 337 g/mol. The third-order valence-electron chi connectivity index (χ3n) is 2.12. The molecule has 0 aliphatic heterocycles.